The van der Waals surface area contributed by atoms with E-state index in [4.69, 9.17) is 24.8 Å². The smallest absolute Gasteiger partial charge is 0.0724 e. The Morgan fingerprint density at radius 3 is 2.33 bits per heavy atom. The molecule has 0 aromatic heterocycles. The van der Waals surface area contributed by atoms with E-state index in [1.807, 2.05) is 4.47 Å². The highest BCUT2D eigenvalue weighted by Gasteiger charge is 2.16. The zero-order valence-electron chi connectivity index (χ0n) is 17.4. The quantitative estimate of drug-likeness (QED) is 0.199. The topological polar surface area (TPSA) is 66.2 Å². The van der Waals surface area contributed by atoms with Gasteiger partial charge in [0.25, 0.3) is 0 Å². The van der Waals surface area contributed by atoms with Crippen LogP contribution in [0.2, 0.25) is 0 Å². The second-order valence-corrected chi connectivity index (χ2v) is 8.18. The highest BCUT2D eigenvalue weighted by atomic mass is 32.2. The Morgan fingerprint density at radius 1 is 0.889 bits per heavy atom. The molecule has 27 heavy (non-hydrogen) atoms. The third kappa shape index (κ3) is 15.7. The summed E-state index contributed by atoms with van der Waals surface area (Å²) in [7, 11) is 1.68. The number of hydrogen-bond acceptors (Lipinski definition) is 7. The van der Waals surface area contributed by atoms with Crippen molar-refractivity contribution >= 4 is 11.9 Å². The molecule has 162 valence electrons. The van der Waals surface area contributed by atoms with Gasteiger partial charge in [-0.1, -0.05) is 44.1 Å². The molecule has 1 rings (SSSR count). The molecule has 0 atom stereocenters. The lowest BCUT2D eigenvalue weighted by Gasteiger charge is -2.26. The van der Waals surface area contributed by atoms with Gasteiger partial charge < -0.3 is 19.9 Å². The van der Waals surface area contributed by atoms with Gasteiger partial charge in [-0.2, -0.15) is 0 Å². The molecule has 0 saturated heterocycles. The van der Waals surface area contributed by atoms with E-state index in [-0.39, 0.29) is 0 Å². The molecule has 1 aliphatic carbocycles. The SMILES string of the molecule is COCCOCCOCCN(OCC1CCCCC1)SCCCCCCN. The third-order valence-electron chi connectivity index (χ3n) is 4.73. The number of rotatable bonds is 19. The summed E-state index contributed by atoms with van der Waals surface area (Å²) in [6, 6.07) is 0. The van der Waals surface area contributed by atoms with Gasteiger partial charge >= 0.3 is 0 Å². The fourth-order valence-corrected chi connectivity index (χ4v) is 3.95. The lowest BCUT2D eigenvalue weighted by Crippen LogP contribution is -2.26. The van der Waals surface area contributed by atoms with E-state index < -0.39 is 0 Å². The van der Waals surface area contributed by atoms with Crippen LogP contribution >= 0.6 is 11.9 Å². The van der Waals surface area contributed by atoms with E-state index in [2.05, 4.69) is 0 Å². The van der Waals surface area contributed by atoms with Crippen molar-refractivity contribution < 1.29 is 19.0 Å². The second kappa shape index (κ2) is 19.4. The predicted octanol–water partition coefficient (Wildman–Crippen LogP) is 3.65. The molecule has 7 heteroatoms. The highest BCUT2D eigenvalue weighted by Crippen LogP contribution is 2.25. The number of hydrogen-bond donors (Lipinski definition) is 1. The van der Waals surface area contributed by atoms with Gasteiger partial charge in [-0.25, -0.2) is 0 Å². The van der Waals surface area contributed by atoms with Gasteiger partial charge in [-0.15, -0.1) is 4.47 Å². The van der Waals surface area contributed by atoms with Gasteiger partial charge in [0.1, 0.15) is 0 Å². The van der Waals surface area contributed by atoms with Crippen LogP contribution in [0.4, 0.5) is 0 Å². The minimum atomic E-state index is 0.612. The average Bonchev–Trinajstić information content (AvgIpc) is 2.70. The number of nitrogens with two attached hydrogens (primary N) is 1. The van der Waals surface area contributed by atoms with Crippen molar-refractivity contribution in [2.45, 2.75) is 57.8 Å². The minimum Gasteiger partial charge on any atom is -0.382 e. The molecular formula is C20H42N2O4S. The summed E-state index contributed by atoms with van der Waals surface area (Å²) in [5.41, 5.74) is 5.55. The molecule has 0 bridgehead atoms. The van der Waals surface area contributed by atoms with Crippen LogP contribution in [-0.4, -0.2) is 70.1 Å². The Hall–Kier alpha value is 0.110. The number of hydroxylamine groups is 1. The van der Waals surface area contributed by atoms with Crippen LogP contribution in [0, 0.1) is 5.92 Å². The summed E-state index contributed by atoms with van der Waals surface area (Å²) in [6.45, 7) is 5.58. The number of nitrogens with zero attached hydrogens (tertiary/aromatic N) is 1. The predicted molar refractivity (Wildman–Crippen MR) is 113 cm³/mol. The summed E-state index contributed by atoms with van der Waals surface area (Å²) < 4.78 is 18.1. The van der Waals surface area contributed by atoms with E-state index in [0.717, 1.165) is 37.8 Å². The Balaban J connectivity index is 2.12. The monoisotopic (exact) mass is 406 g/mol. The molecule has 0 spiro atoms. The Labute approximate surface area is 170 Å². The molecule has 0 aromatic carbocycles. The van der Waals surface area contributed by atoms with Crippen molar-refractivity contribution in [2.24, 2.45) is 11.7 Å². The molecule has 2 N–H and O–H groups in total. The summed E-state index contributed by atoms with van der Waals surface area (Å²) in [6.07, 6.45) is 11.5. The van der Waals surface area contributed by atoms with E-state index in [9.17, 15) is 0 Å². The summed E-state index contributed by atoms with van der Waals surface area (Å²) in [5, 5.41) is 0. The van der Waals surface area contributed by atoms with Crippen LogP contribution in [0.3, 0.4) is 0 Å². The summed E-state index contributed by atoms with van der Waals surface area (Å²) >= 11 is 1.80. The van der Waals surface area contributed by atoms with Gasteiger partial charge in [-0.05, 0) is 38.1 Å². The van der Waals surface area contributed by atoms with Crippen molar-refractivity contribution in [1.29, 1.82) is 0 Å². The van der Waals surface area contributed by atoms with Gasteiger partial charge in [0.05, 0.1) is 46.2 Å². The maximum atomic E-state index is 6.12. The third-order valence-corrected chi connectivity index (χ3v) is 5.78. The van der Waals surface area contributed by atoms with Crippen molar-refractivity contribution in [1.82, 2.24) is 4.47 Å². The van der Waals surface area contributed by atoms with E-state index in [0.29, 0.717) is 33.0 Å². The fraction of sp³-hybridized carbons (Fsp3) is 1.00. The first kappa shape index (κ1) is 25.1. The molecule has 0 radical (unpaired) electrons. The molecule has 0 unspecified atom stereocenters. The van der Waals surface area contributed by atoms with E-state index in [1.165, 1.54) is 51.4 Å². The number of unbranched alkanes of at least 4 members (excludes halogenated alkanes) is 3. The lowest BCUT2D eigenvalue weighted by molar-refractivity contribution is -0.105. The largest absolute Gasteiger partial charge is 0.382 e. The van der Waals surface area contributed by atoms with Gasteiger partial charge in [0, 0.05) is 12.9 Å². The van der Waals surface area contributed by atoms with Crippen LogP contribution in [-0.2, 0) is 19.0 Å². The molecule has 0 heterocycles. The Kier molecular flexibility index (Phi) is 18.1. The normalized spacial score (nSPS) is 15.7. The first-order valence-electron chi connectivity index (χ1n) is 10.7. The molecule has 0 amide bonds. The van der Waals surface area contributed by atoms with Crippen molar-refractivity contribution in [3.05, 3.63) is 0 Å². The number of methoxy groups -OCH3 is 1. The second-order valence-electron chi connectivity index (χ2n) is 7.11. The molecule has 1 fully saturated rings. The molecular weight excluding hydrogens is 364 g/mol. The molecule has 6 nitrogen and oxygen atoms in total. The Morgan fingerprint density at radius 2 is 1.59 bits per heavy atom. The number of ether oxygens (including phenoxy) is 3. The van der Waals surface area contributed by atoms with Crippen LogP contribution in [0.25, 0.3) is 0 Å². The minimum absolute atomic E-state index is 0.612. The Bertz CT molecular complexity index is 308. The standard InChI is InChI=1S/C20H42N2O4S/c1-23-14-15-25-17-16-24-13-12-22(27-18-8-3-2-7-11-21)26-19-20-9-5-4-6-10-20/h20H,2-19,21H2,1H3. The molecule has 1 aliphatic rings. The molecule has 1 saturated carbocycles. The fourth-order valence-electron chi connectivity index (χ4n) is 3.08. The molecule has 0 aliphatic heterocycles. The van der Waals surface area contributed by atoms with Crippen molar-refractivity contribution in [3.8, 4) is 0 Å². The van der Waals surface area contributed by atoms with E-state index >= 15 is 0 Å². The highest BCUT2D eigenvalue weighted by molar-refractivity contribution is 7.96. The van der Waals surface area contributed by atoms with Crippen LogP contribution in [0.5, 0.6) is 0 Å². The van der Waals surface area contributed by atoms with Gasteiger partial charge in [0.15, 0.2) is 0 Å². The van der Waals surface area contributed by atoms with Crippen molar-refractivity contribution in [3.63, 3.8) is 0 Å². The first-order valence-corrected chi connectivity index (χ1v) is 11.7. The van der Waals surface area contributed by atoms with Crippen LogP contribution < -0.4 is 5.73 Å². The zero-order valence-corrected chi connectivity index (χ0v) is 18.2. The van der Waals surface area contributed by atoms with Gasteiger partial charge in [0.2, 0.25) is 0 Å². The van der Waals surface area contributed by atoms with Gasteiger partial charge in [-0.3, -0.25) is 4.84 Å². The van der Waals surface area contributed by atoms with E-state index in [1.54, 1.807) is 19.1 Å². The summed E-state index contributed by atoms with van der Waals surface area (Å²) in [4.78, 5) is 6.12. The van der Waals surface area contributed by atoms with Crippen LogP contribution in [0.1, 0.15) is 57.8 Å². The first-order chi connectivity index (χ1) is 13.4. The summed E-state index contributed by atoms with van der Waals surface area (Å²) in [5.74, 6) is 1.82. The molecule has 0 aromatic rings. The maximum absolute atomic E-state index is 6.12. The zero-order chi connectivity index (χ0) is 19.4. The van der Waals surface area contributed by atoms with Crippen LogP contribution in [0.15, 0.2) is 0 Å². The van der Waals surface area contributed by atoms with Crippen molar-refractivity contribution in [2.75, 3.05) is 65.6 Å². The average molecular weight is 407 g/mol. The maximum Gasteiger partial charge on any atom is 0.0724 e. The lowest BCUT2D eigenvalue weighted by atomic mass is 9.90.